The van der Waals surface area contributed by atoms with E-state index in [0.717, 1.165) is 17.5 Å². The predicted octanol–water partition coefficient (Wildman–Crippen LogP) is 6.14. The molecular formula is C19H31IO. The molecule has 0 heterocycles. The summed E-state index contributed by atoms with van der Waals surface area (Å²) in [7, 11) is 0. The zero-order valence-corrected chi connectivity index (χ0v) is 16.7. The van der Waals surface area contributed by atoms with Gasteiger partial charge >= 0.3 is 0 Å². The summed E-state index contributed by atoms with van der Waals surface area (Å²) in [5, 5.41) is 10.7. The van der Waals surface area contributed by atoms with Gasteiger partial charge in [-0.15, -0.1) is 0 Å². The van der Waals surface area contributed by atoms with Crippen LogP contribution in [0.1, 0.15) is 77.5 Å². The predicted molar refractivity (Wildman–Crippen MR) is 102 cm³/mol. The van der Waals surface area contributed by atoms with E-state index in [1.54, 1.807) is 0 Å². The lowest BCUT2D eigenvalue weighted by atomic mass is 9.78. The minimum absolute atomic E-state index is 0.0255. The van der Waals surface area contributed by atoms with Gasteiger partial charge in [-0.2, -0.15) is 0 Å². The lowest BCUT2D eigenvalue weighted by Gasteiger charge is -2.28. The van der Waals surface area contributed by atoms with Gasteiger partial charge < -0.3 is 5.11 Å². The second-order valence-electron chi connectivity index (χ2n) is 8.04. The van der Waals surface area contributed by atoms with E-state index in [1.165, 1.54) is 29.3 Å². The van der Waals surface area contributed by atoms with Gasteiger partial charge in [0.2, 0.25) is 0 Å². The van der Waals surface area contributed by atoms with Crippen LogP contribution < -0.4 is 0 Å². The highest BCUT2D eigenvalue weighted by atomic mass is 127. The third kappa shape index (κ3) is 5.46. The Hall–Kier alpha value is -0.250. The Morgan fingerprint density at radius 2 is 1.33 bits per heavy atom. The van der Waals surface area contributed by atoms with Gasteiger partial charge in [-0.05, 0) is 51.2 Å². The summed E-state index contributed by atoms with van der Waals surface area (Å²) >= 11 is 2.44. The molecule has 120 valence electrons. The first kappa shape index (κ1) is 18.8. The average Bonchev–Trinajstić information content (AvgIpc) is 2.33. The largest absolute Gasteiger partial charge is 0.507 e. The van der Waals surface area contributed by atoms with Gasteiger partial charge in [-0.1, -0.05) is 82.7 Å². The van der Waals surface area contributed by atoms with Crippen molar-refractivity contribution in [1.82, 2.24) is 0 Å². The molecule has 0 fully saturated rings. The van der Waals surface area contributed by atoms with E-state index >= 15 is 0 Å². The molecule has 0 amide bonds. The van der Waals surface area contributed by atoms with Crippen LogP contribution >= 0.6 is 22.6 Å². The van der Waals surface area contributed by atoms with Gasteiger partial charge in [0, 0.05) is 0 Å². The molecule has 0 aliphatic heterocycles. The van der Waals surface area contributed by atoms with Crippen molar-refractivity contribution in [2.75, 3.05) is 4.43 Å². The van der Waals surface area contributed by atoms with Crippen LogP contribution in [-0.2, 0) is 17.3 Å². The quantitative estimate of drug-likeness (QED) is 0.357. The van der Waals surface area contributed by atoms with Crippen LogP contribution in [0, 0.1) is 0 Å². The van der Waals surface area contributed by atoms with Crippen molar-refractivity contribution >= 4 is 22.6 Å². The summed E-state index contributed by atoms with van der Waals surface area (Å²) in [4.78, 5) is 0. The number of phenolic OH excluding ortho intramolecular Hbond substituents is 1. The van der Waals surface area contributed by atoms with Crippen molar-refractivity contribution in [3.63, 3.8) is 0 Å². The third-order valence-electron chi connectivity index (χ3n) is 3.88. The zero-order valence-electron chi connectivity index (χ0n) is 14.5. The first-order valence-corrected chi connectivity index (χ1v) is 9.52. The lowest BCUT2D eigenvalue weighted by molar-refractivity contribution is 0.422. The maximum absolute atomic E-state index is 10.7. The number of benzene rings is 1. The minimum atomic E-state index is -0.0255. The molecule has 1 aromatic rings. The molecule has 0 unspecified atom stereocenters. The summed E-state index contributed by atoms with van der Waals surface area (Å²) in [6.45, 7) is 13.0. The molecule has 0 aliphatic carbocycles. The van der Waals surface area contributed by atoms with Gasteiger partial charge in [0.1, 0.15) is 5.75 Å². The molecule has 0 aliphatic rings. The van der Waals surface area contributed by atoms with Crippen molar-refractivity contribution in [3.8, 4) is 5.75 Å². The maximum Gasteiger partial charge on any atom is 0.123 e. The minimum Gasteiger partial charge on any atom is -0.507 e. The van der Waals surface area contributed by atoms with Crippen LogP contribution in [0.2, 0.25) is 0 Å². The average molecular weight is 402 g/mol. The maximum atomic E-state index is 10.7. The molecule has 0 saturated heterocycles. The summed E-state index contributed by atoms with van der Waals surface area (Å²) in [5.74, 6) is 0.492. The number of alkyl halides is 1. The summed E-state index contributed by atoms with van der Waals surface area (Å²) in [6.07, 6.45) is 4.94. The lowest BCUT2D eigenvalue weighted by Crippen LogP contribution is -2.18. The van der Waals surface area contributed by atoms with E-state index in [9.17, 15) is 5.11 Å². The fourth-order valence-electron chi connectivity index (χ4n) is 2.58. The van der Waals surface area contributed by atoms with E-state index in [0.29, 0.717) is 5.75 Å². The Kier molecular flexibility index (Phi) is 6.57. The van der Waals surface area contributed by atoms with E-state index < -0.39 is 0 Å². The molecule has 0 radical (unpaired) electrons. The highest BCUT2D eigenvalue weighted by molar-refractivity contribution is 14.1. The van der Waals surface area contributed by atoms with Crippen LogP contribution in [-0.4, -0.2) is 9.53 Å². The number of hydrogen-bond donors (Lipinski definition) is 1. The Bertz CT molecular complexity index is 428. The number of rotatable bonds is 5. The van der Waals surface area contributed by atoms with Crippen LogP contribution in [0.3, 0.4) is 0 Å². The molecule has 1 nitrogen and oxygen atoms in total. The van der Waals surface area contributed by atoms with Gasteiger partial charge in [0.05, 0.1) is 0 Å². The highest BCUT2D eigenvalue weighted by Gasteiger charge is 2.26. The van der Waals surface area contributed by atoms with Crippen molar-refractivity contribution < 1.29 is 5.11 Å². The van der Waals surface area contributed by atoms with E-state index in [4.69, 9.17) is 0 Å². The number of hydrogen-bond acceptors (Lipinski definition) is 1. The number of aromatic hydroxyl groups is 1. The van der Waals surface area contributed by atoms with E-state index in [-0.39, 0.29) is 10.8 Å². The molecule has 2 heteroatoms. The van der Waals surface area contributed by atoms with Crippen molar-refractivity contribution in [2.45, 2.75) is 78.1 Å². The molecule has 0 aromatic heterocycles. The van der Waals surface area contributed by atoms with Crippen LogP contribution in [0.5, 0.6) is 5.75 Å². The Morgan fingerprint density at radius 3 is 1.71 bits per heavy atom. The van der Waals surface area contributed by atoms with Crippen molar-refractivity contribution in [2.24, 2.45) is 0 Å². The van der Waals surface area contributed by atoms with Crippen molar-refractivity contribution in [3.05, 3.63) is 28.8 Å². The molecule has 1 aromatic carbocycles. The van der Waals surface area contributed by atoms with E-state index in [1.807, 2.05) is 0 Å². The van der Waals surface area contributed by atoms with Gasteiger partial charge in [0.15, 0.2) is 0 Å². The molecule has 1 rings (SSSR count). The Morgan fingerprint density at radius 1 is 0.857 bits per heavy atom. The van der Waals surface area contributed by atoms with Crippen molar-refractivity contribution in [1.29, 1.82) is 0 Å². The molecule has 0 bridgehead atoms. The number of aryl methyl sites for hydroxylation is 1. The molecule has 1 N–H and O–H groups in total. The van der Waals surface area contributed by atoms with Crippen LogP contribution in [0.4, 0.5) is 0 Å². The monoisotopic (exact) mass is 402 g/mol. The number of unbranched alkanes of at least 4 members (excludes halogenated alkanes) is 2. The first-order chi connectivity index (χ1) is 9.57. The highest BCUT2D eigenvalue weighted by Crippen LogP contribution is 2.40. The second-order valence-corrected chi connectivity index (χ2v) is 9.12. The number of halogens is 1. The molecule has 21 heavy (non-hydrogen) atoms. The second kappa shape index (κ2) is 7.34. The number of phenols is 1. The fraction of sp³-hybridized carbons (Fsp3) is 0.684. The Labute approximate surface area is 144 Å². The molecule has 0 spiro atoms. The fourth-order valence-corrected chi connectivity index (χ4v) is 3.12. The zero-order chi connectivity index (χ0) is 16.3. The first-order valence-electron chi connectivity index (χ1n) is 8.00. The summed E-state index contributed by atoms with van der Waals surface area (Å²) in [6, 6.07) is 4.43. The van der Waals surface area contributed by atoms with Gasteiger partial charge in [-0.25, -0.2) is 0 Å². The van der Waals surface area contributed by atoms with Crippen LogP contribution in [0.15, 0.2) is 12.1 Å². The molecule has 0 saturated carbocycles. The normalized spacial score (nSPS) is 12.7. The topological polar surface area (TPSA) is 20.2 Å². The Balaban J connectivity index is 3.15. The molecule has 0 atom stereocenters. The van der Waals surface area contributed by atoms with Gasteiger partial charge in [0.25, 0.3) is 0 Å². The van der Waals surface area contributed by atoms with Gasteiger partial charge in [-0.3, -0.25) is 0 Å². The SMILES string of the molecule is CC(C)(C)c1cc(CCCCCI)cc(C(C)(C)C)c1O. The third-order valence-corrected chi connectivity index (χ3v) is 4.65. The van der Waals surface area contributed by atoms with Crippen LogP contribution in [0.25, 0.3) is 0 Å². The smallest absolute Gasteiger partial charge is 0.123 e. The molecular weight excluding hydrogens is 371 g/mol. The standard InChI is InChI=1S/C19H31IO/c1-18(2,3)15-12-14(10-8-7-9-11-20)13-16(17(15)21)19(4,5)6/h12-13,21H,7-11H2,1-6H3. The van der Waals surface area contributed by atoms with E-state index in [2.05, 4.69) is 76.3 Å². The summed E-state index contributed by atoms with van der Waals surface area (Å²) in [5.41, 5.74) is 3.48. The summed E-state index contributed by atoms with van der Waals surface area (Å²) < 4.78 is 1.24.